The van der Waals surface area contributed by atoms with Gasteiger partial charge < -0.3 is 29.5 Å². The van der Waals surface area contributed by atoms with Crippen LogP contribution in [0.25, 0.3) is 11.3 Å². The number of ether oxygens (including phenoxy) is 1. The predicted octanol–water partition coefficient (Wildman–Crippen LogP) is 5.01. The van der Waals surface area contributed by atoms with Crippen molar-refractivity contribution in [3.8, 4) is 11.3 Å². The van der Waals surface area contributed by atoms with Gasteiger partial charge >= 0.3 is 0 Å². The number of aliphatic hydroxyl groups excluding tert-OH is 1. The first-order valence-electron chi connectivity index (χ1n) is 16.4. The van der Waals surface area contributed by atoms with E-state index in [4.69, 9.17) is 4.74 Å². The van der Waals surface area contributed by atoms with Crippen LogP contribution in [0.15, 0.2) is 71.7 Å². The third-order valence-electron chi connectivity index (χ3n) is 9.43. The molecule has 10 heteroatoms. The van der Waals surface area contributed by atoms with Crippen molar-refractivity contribution in [2.75, 3.05) is 36.5 Å². The van der Waals surface area contributed by atoms with E-state index in [1.165, 1.54) is 23.0 Å². The number of aliphatic hydroxyl groups is 1. The lowest BCUT2D eigenvalue weighted by Gasteiger charge is -2.31. The van der Waals surface area contributed by atoms with E-state index >= 15 is 0 Å². The average Bonchev–Trinajstić information content (AvgIpc) is 3.84. The number of carbonyl (C=O) groups excluding carboxylic acids is 2. The molecule has 242 valence electrons. The maximum atomic E-state index is 13.7. The minimum absolute atomic E-state index is 0.0510. The molecular weight excluding hydrogens is 594 g/mol. The highest BCUT2D eigenvalue weighted by Crippen LogP contribution is 2.41. The molecular formula is C37H39N5O5. The summed E-state index contributed by atoms with van der Waals surface area (Å²) in [5, 5.41) is 13.7. The molecule has 1 saturated carbocycles. The second kappa shape index (κ2) is 12.8. The molecule has 3 aromatic carbocycles. The Kier molecular flexibility index (Phi) is 8.38. The van der Waals surface area contributed by atoms with Gasteiger partial charge in [0.2, 0.25) is 0 Å². The van der Waals surface area contributed by atoms with Gasteiger partial charge in [-0.25, -0.2) is 4.98 Å². The lowest BCUT2D eigenvalue weighted by Crippen LogP contribution is -2.38. The first-order valence-corrected chi connectivity index (χ1v) is 16.4. The van der Waals surface area contributed by atoms with E-state index in [0.717, 1.165) is 18.4 Å². The smallest absolute Gasteiger partial charge is 0.293 e. The van der Waals surface area contributed by atoms with Gasteiger partial charge in [-0.3, -0.25) is 14.4 Å². The van der Waals surface area contributed by atoms with Crippen LogP contribution in [-0.2, 0) is 24.8 Å². The Morgan fingerprint density at radius 1 is 1.02 bits per heavy atom. The van der Waals surface area contributed by atoms with Gasteiger partial charge in [-0.05, 0) is 86.1 Å². The highest BCUT2D eigenvalue weighted by molar-refractivity contribution is 6.09. The third kappa shape index (κ3) is 6.06. The zero-order valence-electron chi connectivity index (χ0n) is 26.7. The summed E-state index contributed by atoms with van der Waals surface area (Å²) < 4.78 is 7.12. The minimum atomic E-state index is -0.331. The number of hydrogen-bond donors (Lipinski definition) is 2. The quantitative estimate of drug-likeness (QED) is 0.266. The van der Waals surface area contributed by atoms with Gasteiger partial charge in [0.05, 0.1) is 24.1 Å². The van der Waals surface area contributed by atoms with Gasteiger partial charge in [-0.1, -0.05) is 24.3 Å². The van der Waals surface area contributed by atoms with Crippen LogP contribution in [0.4, 0.5) is 17.2 Å². The van der Waals surface area contributed by atoms with Crippen molar-refractivity contribution in [3.05, 3.63) is 105 Å². The summed E-state index contributed by atoms with van der Waals surface area (Å²) in [5.74, 6) is 0.589. The monoisotopic (exact) mass is 633 g/mol. The van der Waals surface area contributed by atoms with Gasteiger partial charge in [-0.2, -0.15) is 0 Å². The van der Waals surface area contributed by atoms with Crippen LogP contribution in [-0.4, -0.2) is 63.7 Å². The van der Waals surface area contributed by atoms with Gasteiger partial charge in [-0.15, -0.1) is 0 Å². The molecule has 1 saturated heterocycles. The Bertz CT molecular complexity index is 1900. The predicted molar refractivity (Wildman–Crippen MR) is 180 cm³/mol. The molecule has 0 spiro atoms. The number of benzene rings is 3. The molecule has 3 aliphatic rings. The number of likely N-dealkylation sites (tertiary alicyclic amines) is 1. The van der Waals surface area contributed by atoms with E-state index in [0.29, 0.717) is 71.5 Å². The molecule has 7 rings (SSSR count). The van der Waals surface area contributed by atoms with Crippen molar-refractivity contribution >= 4 is 29.0 Å². The number of aryl methyl sites for hydroxylation is 1. The number of nitrogens with zero attached hydrogens (tertiary/aromatic N) is 4. The number of fused-ring (bicyclic) bond motifs is 1. The molecule has 2 N–H and O–H groups in total. The number of hydrogen-bond acceptors (Lipinski definition) is 7. The molecule has 1 atom stereocenters. The average molecular weight is 634 g/mol. The van der Waals surface area contributed by atoms with Crippen LogP contribution in [0.1, 0.15) is 69.5 Å². The van der Waals surface area contributed by atoms with Crippen LogP contribution in [0.2, 0.25) is 0 Å². The number of nitrogens with one attached hydrogen (secondary N) is 1. The lowest BCUT2D eigenvalue weighted by molar-refractivity contribution is 0.0598. The lowest BCUT2D eigenvalue weighted by atomic mass is 9.93. The van der Waals surface area contributed by atoms with Crippen molar-refractivity contribution in [2.45, 2.75) is 51.2 Å². The molecule has 1 aromatic heterocycles. The summed E-state index contributed by atoms with van der Waals surface area (Å²) >= 11 is 0. The first-order chi connectivity index (χ1) is 22.8. The topological polar surface area (TPSA) is 117 Å². The van der Waals surface area contributed by atoms with Crippen LogP contribution in [0, 0.1) is 0 Å². The van der Waals surface area contributed by atoms with E-state index in [1.54, 1.807) is 47.3 Å². The zero-order valence-corrected chi connectivity index (χ0v) is 26.7. The molecule has 2 fully saturated rings. The standard InChI is InChI=1S/C37H39N5O5/c1-3-47-28-16-17-41(20-28)35(44)24-9-12-27(13-10-24)38-34-37(46)40(2)21-32(39-34)30-5-4-6-33(31(30)22-43)42-18-15-26-19-25(23-7-8-23)11-14-29(26)36(42)45/h4-6,9-14,19,21,23,28,43H,3,7-8,15-18,20,22H2,1-2H3,(H,38,39)/t28-/m0/s1. The number of carbonyl (C=O) groups is 2. The van der Waals surface area contributed by atoms with Crippen molar-refractivity contribution < 1.29 is 19.4 Å². The SMILES string of the molecule is CCO[C@H]1CCN(C(=O)c2ccc(Nc3nc(-c4cccc(N5CCc6cc(C7CC7)ccc6C5=O)c4CO)cn(C)c3=O)cc2)C1. The number of rotatable bonds is 9. The summed E-state index contributed by atoms with van der Waals surface area (Å²) in [5.41, 5.74) is 6.22. The van der Waals surface area contributed by atoms with Crippen molar-refractivity contribution in [1.82, 2.24) is 14.5 Å². The van der Waals surface area contributed by atoms with Crippen LogP contribution in [0.5, 0.6) is 0 Å². The van der Waals surface area contributed by atoms with Gasteiger partial charge in [0, 0.05) is 67.4 Å². The Labute approximate surface area is 273 Å². The fraction of sp³-hybridized carbons (Fsp3) is 0.351. The molecule has 0 unspecified atom stereocenters. The number of amides is 2. The Morgan fingerprint density at radius 2 is 1.83 bits per heavy atom. The van der Waals surface area contributed by atoms with E-state index in [1.807, 2.05) is 31.2 Å². The van der Waals surface area contributed by atoms with E-state index in [2.05, 4.69) is 22.4 Å². The largest absolute Gasteiger partial charge is 0.392 e. The van der Waals surface area contributed by atoms with Gasteiger partial charge in [0.1, 0.15) is 0 Å². The number of anilines is 3. The Balaban J connectivity index is 1.13. The minimum Gasteiger partial charge on any atom is -0.392 e. The van der Waals surface area contributed by atoms with Gasteiger partial charge in [0.25, 0.3) is 17.4 Å². The molecule has 3 heterocycles. The molecule has 2 aliphatic heterocycles. The summed E-state index contributed by atoms with van der Waals surface area (Å²) in [6.45, 7) is 4.02. The molecule has 47 heavy (non-hydrogen) atoms. The summed E-state index contributed by atoms with van der Waals surface area (Å²) in [6.07, 6.45) is 5.69. The molecule has 4 aromatic rings. The maximum absolute atomic E-state index is 13.7. The highest BCUT2D eigenvalue weighted by atomic mass is 16.5. The van der Waals surface area contributed by atoms with Crippen molar-refractivity contribution in [2.24, 2.45) is 7.05 Å². The molecule has 2 amide bonds. The third-order valence-corrected chi connectivity index (χ3v) is 9.43. The highest BCUT2D eigenvalue weighted by Gasteiger charge is 2.31. The first kappa shape index (κ1) is 30.8. The van der Waals surface area contributed by atoms with Crippen LogP contribution >= 0.6 is 0 Å². The van der Waals surface area contributed by atoms with Gasteiger partial charge in [0.15, 0.2) is 5.82 Å². The molecule has 1 aliphatic carbocycles. The Morgan fingerprint density at radius 3 is 2.57 bits per heavy atom. The summed E-state index contributed by atoms with van der Waals surface area (Å²) in [4.78, 5) is 48.1. The second-order valence-electron chi connectivity index (χ2n) is 12.6. The molecule has 0 radical (unpaired) electrons. The summed E-state index contributed by atoms with van der Waals surface area (Å²) in [7, 11) is 1.65. The maximum Gasteiger partial charge on any atom is 0.293 e. The fourth-order valence-corrected chi connectivity index (χ4v) is 6.76. The van der Waals surface area contributed by atoms with Crippen molar-refractivity contribution in [3.63, 3.8) is 0 Å². The van der Waals surface area contributed by atoms with E-state index in [9.17, 15) is 19.5 Å². The second-order valence-corrected chi connectivity index (χ2v) is 12.6. The fourth-order valence-electron chi connectivity index (χ4n) is 6.76. The Hall–Kier alpha value is -4.80. The van der Waals surface area contributed by atoms with E-state index in [-0.39, 0.29) is 35.9 Å². The van der Waals surface area contributed by atoms with Crippen LogP contribution < -0.4 is 15.8 Å². The molecule has 0 bridgehead atoms. The zero-order chi connectivity index (χ0) is 32.7. The van der Waals surface area contributed by atoms with E-state index < -0.39 is 0 Å². The van der Waals surface area contributed by atoms with Crippen LogP contribution in [0.3, 0.4) is 0 Å². The summed E-state index contributed by atoms with van der Waals surface area (Å²) in [6, 6.07) is 18.7. The van der Waals surface area contributed by atoms with Crippen molar-refractivity contribution in [1.29, 1.82) is 0 Å². The normalized spacial score (nSPS) is 17.6. The molecule has 10 nitrogen and oxygen atoms in total. The number of aromatic nitrogens is 2.